The highest BCUT2D eigenvalue weighted by Crippen LogP contribution is 2.35. The topological polar surface area (TPSA) is 54.6 Å². The number of nitrogens with zero attached hydrogens (tertiary/aromatic N) is 1. The molecule has 5 heteroatoms. The first kappa shape index (κ1) is 12.7. The molecule has 1 N–H and O–H groups in total. The van der Waals surface area contributed by atoms with Crippen LogP contribution in [-0.4, -0.2) is 54.3 Å². The van der Waals surface area contributed by atoms with E-state index in [1.54, 1.807) is 19.5 Å². The van der Waals surface area contributed by atoms with Crippen LogP contribution < -0.4 is 0 Å². The molecular formula is C14H20N2O3. The van der Waals surface area contributed by atoms with E-state index in [1.807, 2.05) is 11.0 Å². The fourth-order valence-corrected chi connectivity index (χ4v) is 3.15. The number of carbonyl (C=O) groups is 1. The van der Waals surface area contributed by atoms with E-state index in [0.717, 1.165) is 31.4 Å². The van der Waals surface area contributed by atoms with Gasteiger partial charge < -0.3 is 19.4 Å². The lowest BCUT2D eigenvalue weighted by atomic mass is 9.89. The van der Waals surface area contributed by atoms with E-state index in [4.69, 9.17) is 9.47 Å². The van der Waals surface area contributed by atoms with Gasteiger partial charge in [0, 0.05) is 32.5 Å². The fourth-order valence-electron chi connectivity index (χ4n) is 3.15. The zero-order chi connectivity index (χ0) is 13.3. The number of methoxy groups -OCH3 is 1. The summed E-state index contributed by atoms with van der Waals surface area (Å²) < 4.78 is 11.3. The van der Waals surface area contributed by atoms with Gasteiger partial charge in [-0.15, -0.1) is 0 Å². The Kier molecular flexibility index (Phi) is 3.33. The van der Waals surface area contributed by atoms with Gasteiger partial charge in [0.25, 0.3) is 5.91 Å². The smallest absolute Gasteiger partial charge is 0.255 e. The van der Waals surface area contributed by atoms with Crippen molar-refractivity contribution in [2.75, 3.05) is 26.8 Å². The zero-order valence-electron chi connectivity index (χ0n) is 11.2. The lowest BCUT2D eigenvalue weighted by Gasteiger charge is -2.39. The number of nitrogens with one attached hydrogen (secondary N) is 1. The number of ether oxygens (including phenoxy) is 2. The van der Waals surface area contributed by atoms with E-state index in [2.05, 4.69) is 4.98 Å². The van der Waals surface area contributed by atoms with Gasteiger partial charge in [-0.2, -0.15) is 0 Å². The highest BCUT2D eigenvalue weighted by molar-refractivity contribution is 5.94. The van der Waals surface area contributed by atoms with Gasteiger partial charge in [-0.3, -0.25) is 4.79 Å². The monoisotopic (exact) mass is 264 g/mol. The van der Waals surface area contributed by atoms with E-state index >= 15 is 0 Å². The van der Waals surface area contributed by atoms with E-state index in [0.29, 0.717) is 13.2 Å². The van der Waals surface area contributed by atoms with Crippen LogP contribution >= 0.6 is 0 Å². The summed E-state index contributed by atoms with van der Waals surface area (Å²) in [7, 11) is 1.72. The van der Waals surface area contributed by atoms with Gasteiger partial charge in [0.1, 0.15) is 0 Å². The van der Waals surface area contributed by atoms with Crippen LogP contribution in [0.25, 0.3) is 0 Å². The second kappa shape index (κ2) is 4.98. The predicted octanol–water partition coefficient (Wildman–Crippen LogP) is 1.42. The molecule has 1 spiro atoms. The third-order valence-corrected chi connectivity index (χ3v) is 4.18. The van der Waals surface area contributed by atoms with Crippen molar-refractivity contribution in [2.45, 2.75) is 31.0 Å². The van der Waals surface area contributed by atoms with Gasteiger partial charge in [0.05, 0.1) is 30.4 Å². The first-order chi connectivity index (χ1) is 9.22. The van der Waals surface area contributed by atoms with Gasteiger partial charge in [-0.05, 0) is 18.9 Å². The second-order valence-electron chi connectivity index (χ2n) is 5.49. The summed E-state index contributed by atoms with van der Waals surface area (Å²) in [5.41, 5.74) is 0.531. The molecule has 1 amide bonds. The maximum atomic E-state index is 12.4. The molecule has 1 aromatic rings. The van der Waals surface area contributed by atoms with Crippen molar-refractivity contribution in [1.29, 1.82) is 0 Å². The van der Waals surface area contributed by atoms with Crippen LogP contribution in [0.5, 0.6) is 0 Å². The zero-order valence-corrected chi connectivity index (χ0v) is 11.2. The van der Waals surface area contributed by atoms with Gasteiger partial charge in [-0.25, -0.2) is 0 Å². The summed E-state index contributed by atoms with van der Waals surface area (Å²) in [6, 6.07) is 1.82. The Morgan fingerprint density at radius 1 is 1.63 bits per heavy atom. The molecule has 0 aromatic carbocycles. The molecule has 104 valence electrons. The summed E-state index contributed by atoms with van der Waals surface area (Å²) in [4.78, 5) is 17.2. The maximum absolute atomic E-state index is 12.4. The number of hydrogen-bond donors (Lipinski definition) is 1. The van der Waals surface area contributed by atoms with Crippen LogP contribution in [0.4, 0.5) is 0 Å². The SMILES string of the molecule is CO[C@@H]1CO[C@]2(CCCN(C(=O)c3cc[nH]c3)C2)C1. The third-order valence-electron chi connectivity index (χ3n) is 4.18. The van der Waals surface area contributed by atoms with Crippen LogP contribution in [0.1, 0.15) is 29.6 Å². The van der Waals surface area contributed by atoms with Gasteiger partial charge in [0.2, 0.25) is 0 Å². The number of piperidine rings is 1. The summed E-state index contributed by atoms with van der Waals surface area (Å²) in [6.07, 6.45) is 6.59. The molecular weight excluding hydrogens is 244 g/mol. The molecule has 0 aliphatic carbocycles. The van der Waals surface area contributed by atoms with Crippen molar-refractivity contribution < 1.29 is 14.3 Å². The molecule has 2 atom stereocenters. The van der Waals surface area contributed by atoms with Crippen LogP contribution in [0.2, 0.25) is 0 Å². The number of amides is 1. The van der Waals surface area contributed by atoms with E-state index in [1.165, 1.54) is 0 Å². The lowest BCUT2D eigenvalue weighted by Crippen LogP contribution is -2.50. The summed E-state index contributed by atoms with van der Waals surface area (Å²) in [6.45, 7) is 2.13. The standard InChI is InChI=1S/C14H20N2O3/c1-18-12-7-14(19-9-12)4-2-6-16(10-14)13(17)11-3-5-15-8-11/h3,5,8,12,15H,2,4,6-7,9-10H2,1H3/t12-,14+/m0/s1. The molecule has 2 aliphatic rings. The van der Waals surface area contributed by atoms with E-state index in [-0.39, 0.29) is 17.6 Å². The third kappa shape index (κ3) is 2.40. The number of aromatic nitrogens is 1. The average molecular weight is 264 g/mol. The molecule has 5 nitrogen and oxygen atoms in total. The fraction of sp³-hybridized carbons (Fsp3) is 0.643. The summed E-state index contributed by atoms with van der Waals surface area (Å²) >= 11 is 0. The van der Waals surface area contributed by atoms with Crippen LogP contribution in [0, 0.1) is 0 Å². The quantitative estimate of drug-likeness (QED) is 0.879. The maximum Gasteiger partial charge on any atom is 0.255 e. The molecule has 1 aromatic heterocycles. The first-order valence-electron chi connectivity index (χ1n) is 6.81. The van der Waals surface area contributed by atoms with Gasteiger partial charge in [0.15, 0.2) is 0 Å². The van der Waals surface area contributed by atoms with Gasteiger partial charge >= 0.3 is 0 Å². The molecule has 19 heavy (non-hydrogen) atoms. The van der Waals surface area contributed by atoms with Crippen molar-refractivity contribution >= 4 is 5.91 Å². The number of H-pyrrole nitrogens is 1. The van der Waals surface area contributed by atoms with E-state index < -0.39 is 0 Å². The molecule has 0 radical (unpaired) electrons. The van der Waals surface area contributed by atoms with Crippen LogP contribution in [0.15, 0.2) is 18.5 Å². The number of hydrogen-bond acceptors (Lipinski definition) is 3. The Morgan fingerprint density at radius 2 is 2.53 bits per heavy atom. The van der Waals surface area contributed by atoms with Crippen LogP contribution in [-0.2, 0) is 9.47 Å². The molecule has 3 rings (SSSR count). The minimum atomic E-state index is -0.190. The molecule has 3 heterocycles. The molecule has 0 saturated carbocycles. The van der Waals surface area contributed by atoms with Crippen molar-refractivity contribution in [1.82, 2.24) is 9.88 Å². The highest BCUT2D eigenvalue weighted by Gasteiger charge is 2.44. The Morgan fingerprint density at radius 3 is 3.21 bits per heavy atom. The number of rotatable bonds is 2. The van der Waals surface area contributed by atoms with Crippen molar-refractivity contribution in [3.05, 3.63) is 24.0 Å². The predicted molar refractivity (Wildman–Crippen MR) is 70.0 cm³/mol. The Hall–Kier alpha value is -1.33. The van der Waals surface area contributed by atoms with E-state index in [9.17, 15) is 4.79 Å². The van der Waals surface area contributed by atoms with Gasteiger partial charge in [-0.1, -0.05) is 0 Å². The van der Waals surface area contributed by atoms with Crippen LogP contribution in [0.3, 0.4) is 0 Å². The minimum Gasteiger partial charge on any atom is -0.379 e. The van der Waals surface area contributed by atoms with Crippen molar-refractivity contribution in [2.24, 2.45) is 0 Å². The molecule has 0 bridgehead atoms. The summed E-state index contributed by atoms with van der Waals surface area (Å²) in [5, 5.41) is 0. The van der Waals surface area contributed by atoms with Crippen molar-refractivity contribution in [3.63, 3.8) is 0 Å². The molecule has 0 unspecified atom stereocenters. The molecule has 2 aliphatic heterocycles. The average Bonchev–Trinajstić information content (AvgIpc) is 3.08. The van der Waals surface area contributed by atoms with Crippen molar-refractivity contribution in [3.8, 4) is 0 Å². The normalized spacial score (nSPS) is 31.0. The minimum absolute atomic E-state index is 0.0878. The highest BCUT2D eigenvalue weighted by atomic mass is 16.6. The Balaban J connectivity index is 1.70. The number of carbonyl (C=O) groups excluding carboxylic acids is 1. The summed E-state index contributed by atoms with van der Waals surface area (Å²) in [5.74, 6) is 0.0878. The second-order valence-corrected chi connectivity index (χ2v) is 5.49. The molecule has 2 saturated heterocycles. The lowest BCUT2D eigenvalue weighted by molar-refractivity contribution is -0.0458. The first-order valence-corrected chi connectivity index (χ1v) is 6.81. The Labute approximate surface area is 112 Å². The Bertz CT molecular complexity index is 446. The molecule has 2 fully saturated rings. The number of likely N-dealkylation sites (tertiary alicyclic amines) is 1. The number of aromatic amines is 1. The largest absolute Gasteiger partial charge is 0.379 e.